The highest BCUT2D eigenvalue weighted by Crippen LogP contribution is 2.31. The summed E-state index contributed by atoms with van der Waals surface area (Å²) in [7, 11) is 0. The van der Waals surface area contributed by atoms with Crippen LogP contribution in [0.5, 0.6) is 0 Å². The van der Waals surface area contributed by atoms with Gasteiger partial charge in [0.05, 0.1) is 16.3 Å². The molecule has 4 aromatic rings. The Bertz CT molecular complexity index is 1210. The predicted octanol–water partition coefficient (Wildman–Crippen LogP) is 7.87. The Morgan fingerprint density at radius 2 is 1.75 bits per heavy atom. The number of fused-ring (bicyclic) bond motifs is 1. The molecule has 0 aliphatic heterocycles. The van der Waals surface area contributed by atoms with Gasteiger partial charge in [-0.1, -0.05) is 59.1 Å². The molecular formula is C22H13Cl3N2O. The van der Waals surface area contributed by atoms with Crippen molar-refractivity contribution in [1.82, 2.24) is 4.98 Å². The molecule has 0 saturated carbocycles. The minimum atomic E-state index is 0.485. The Labute approximate surface area is 176 Å². The number of aliphatic imine (C=N–C) groups is 1. The van der Waals surface area contributed by atoms with E-state index in [4.69, 9.17) is 39.2 Å². The highest BCUT2D eigenvalue weighted by Gasteiger charge is 2.11. The van der Waals surface area contributed by atoms with Crippen LogP contribution in [0.4, 0.5) is 5.69 Å². The smallest absolute Gasteiger partial charge is 0.228 e. The Morgan fingerprint density at radius 1 is 0.893 bits per heavy atom. The van der Waals surface area contributed by atoms with Gasteiger partial charge in [-0.05, 0) is 54.1 Å². The van der Waals surface area contributed by atoms with Gasteiger partial charge < -0.3 is 4.42 Å². The first-order valence-electron chi connectivity index (χ1n) is 8.41. The van der Waals surface area contributed by atoms with Crippen LogP contribution in [0.2, 0.25) is 15.1 Å². The average Bonchev–Trinajstić information content (AvgIpc) is 3.10. The van der Waals surface area contributed by atoms with Gasteiger partial charge in [-0.3, -0.25) is 4.99 Å². The van der Waals surface area contributed by atoms with E-state index >= 15 is 0 Å². The number of hydrogen-bond acceptors (Lipinski definition) is 3. The van der Waals surface area contributed by atoms with Gasteiger partial charge in [0.15, 0.2) is 5.58 Å². The van der Waals surface area contributed by atoms with Crippen LogP contribution in [0.1, 0.15) is 5.56 Å². The zero-order valence-corrected chi connectivity index (χ0v) is 16.7. The van der Waals surface area contributed by atoms with Crippen molar-refractivity contribution < 1.29 is 4.42 Å². The van der Waals surface area contributed by atoms with Gasteiger partial charge in [0.1, 0.15) is 5.52 Å². The van der Waals surface area contributed by atoms with Crippen molar-refractivity contribution in [3.05, 3.63) is 87.4 Å². The standard InChI is InChI=1S/C22H13Cl3N2O/c23-15-8-7-14(19(25)12-15)4-3-11-26-16-9-10-21-20(13-16)27-22(28-21)17-5-1-2-6-18(17)24/h1-13H/b4-3-,26-11?. The molecule has 3 aromatic carbocycles. The summed E-state index contributed by atoms with van der Waals surface area (Å²) in [5.41, 5.74) is 3.78. The quantitative estimate of drug-likeness (QED) is 0.311. The summed E-state index contributed by atoms with van der Waals surface area (Å²) in [6.07, 6.45) is 5.38. The van der Waals surface area contributed by atoms with Crippen LogP contribution in [-0.4, -0.2) is 11.2 Å². The lowest BCUT2D eigenvalue weighted by Gasteiger charge is -1.97. The third-order valence-electron chi connectivity index (χ3n) is 4.02. The third-order valence-corrected chi connectivity index (χ3v) is 4.92. The minimum Gasteiger partial charge on any atom is -0.436 e. The number of benzene rings is 3. The fourth-order valence-electron chi connectivity index (χ4n) is 2.66. The largest absolute Gasteiger partial charge is 0.436 e. The zero-order chi connectivity index (χ0) is 19.5. The SMILES string of the molecule is Clc1ccc(/C=C\C=Nc2ccc3oc(-c4ccccc4Cl)nc3c2)c(Cl)c1. The summed E-state index contributed by atoms with van der Waals surface area (Å²) >= 11 is 18.3. The van der Waals surface area contributed by atoms with Crippen molar-refractivity contribution in [1.29, 1.82) is 0 Å². The topological polar surface area (TPSA) is 38.4 Å². The van der Waals surface area contributed by atoms with Crippen LogP contribution in [0.25, 0.3) is 28.6 Å². The van der Waals surface area contributed by atoms with Crippen LogP contribution in [0, 0.1) is 0 Å². The molecule has 4 rings (SSSR count). The maximum absolute atomic E-state index is 6.22. The van der Waals surface area contributed by atoms with Gasteiger partial charge in [0.25, 0.3) is 0 Å². The monoisotopic (exact) mass is 426 g/mol. The summed E-state index contributed by atoms with van der Waals surface area (Å²) < 4.78 is 5.81. The number of halogens is 3. The maximum Gasteiger partial charge on any atom is 0.228 e. The van der Waals surface area contributed by atoms with Gasteiger partial charge >= 0.3 is 0 Å². The molecule has 0 amide bonds. The van der Waals surface area contributed by atoms with Crippen molar-refractivity contribution in [2.75, 3.05) is 0 Å². The van der Waals surface area contributed by atoms with Gasteiger partial charge in [-0.25, -0.2) is 4.98 Å². The predicted molar refractivity (Wildman–Crippen MR) is 118 cm³/mol. The molecule has 1 aromatic heterocycles. The first-order chi connectivity index (χ1) is 13.6. The molecular weight excluding hydrogens is 415 g/mol. The van der Waals surface area contributed by atoms with E-state index < -0.39 is 0 Å². The summed E-state index contributed by atoms with van der Waals surface area (Å²) in [6, 6.07) is 18.4. The Kier molecular flexibility index (Phi) is 5.49. The lowest BCUT2D eigenvalue weighted by atomic mass is 10.2. The van der Waals surface area contributed by atoms with Gasteiger partial charge in [0, 0.05) is 16.3 Å². The van der Waals surface area contributed by atoms with E-state index in [-0.39, 0.29) is 0 Å². The number of oxazole rings is 1. The van der Waals surface area contributed by atoms with Crippen molar-refractivity contribution >= 4 is 63.9 Å². The Morgan fingerprint density at radius 3 is 2.57 bits per heavy atom. The highest BCUT2D eigenvalue weighted by molar-refractivity contribution is 6.35. The van der Waals surface area contributed by atoms with E-state index in [1.807, 2.05) is 54.6 Å². The highest BCUT2D eigenvalue weighted by atomic mass is 35.5. The number of nitrogens with zero attached hydrogens (tertiary/aromatic N) is 2. The van der Waals surface area contributed by atoms with Gasteiger partial charge in [0.2, 0.25) is 5.89 Å². The number of aromatic nitrogens is 1. The molecule has 0 N–H and O–H groups in total. The first kappa shape index (κ1) is 18.8. The molecule has 0 aliphatic rings. The molecule has 0 fully saturated rings. The molecule has 6 heteroatoms. The van der Waals surface area contributed by atoms with Crippen molar-refractivity contribution in [2.45, 2.75) is 0 Å². The zero-order valence-electron chi connectivity index (χ0n) is 14.4. The van der Waals surface area contributed by atoms with Crippen LogP contribution in [0.3, 0.4) is 0 Å². The fraction of sp³-hybridized carbons (Fsp3) is 0. The Hall–Kier alpha value is -2.59. The fourth-order valence-corrected chi connectivity index (χ4v) is 3.35. The number of rotatable bonds is 4. The second-order valence-electron chi connectivity index (χ2n) is 5.95. The minimum absolute atomic E-state index is 0.485. The van der Waals surface area contributed by atoms with Crippen molar-refractivity contribution in [2.24, 2.45) is 4.99 Å². The van der Waals surface area contributed by atoms with E-state index in [0.29, 0.717) is 32.1 Å². The van der Waals surface area contributed by atoms with E-state index in [1.165, 1.54) is 0 Å². The second kappa shape index (κ2) is 8.19. The molecule has 0 aliphatic carbocycles. The molecule has 0 unspecified atom stereocenters. The molecule has 28 heavy (non-hydrogen) atoms. The van der Waals surface area contributed by atoms with Crippen LogP contribution >= 0.6 is 34.8 Å². The summed E-state index contributed by atoms with van der Waals surface area (Å²) in [5.74, 6) is 0.485. The van der Waals surface area contributed by atoms with E-state index in [1.54, 1.807) is 24.4 Å². The summed E-state index contributed by atoms with van der Waals surface area (Å²) in [5, 5.41) is 1.79. The molecule has 3 nitrogen and oxygen atoms in total. The van der Waals surface area contributed by atoms with E-state index in [2.05, 4.69) is 9.98 Å². The summed E-state index contributed by atoms with van der Waals surface area (Å²) in [6.45, 7) is 0. The Balaban J connectivity index is 1.55. The average molecular weight is 428 g/mol. The third kappa shape index (κ3) is 4.12. The molecule has 0 spiro atoms. The molecule has 0 radical (unpaired) electrons. The van der Waals surface area contributed by atoms with Gasteiger partial charge in [-0.15, -0.1) is 0 Å². The van der Waals surface area contributed by atoms with Crippen molar-refractivity contribution in [3.63, 3.8) is 0 Å². The van der Waals surface area contributed by atoms with Crippen LogP contribution in [0.15, 0.2) is 76.1 Å². The second-order valence-corrected chi connectivity index (χ2v) is 7.20. The normalized spacial score (nSPS) is 11.8. The molecule has 1 heterocycles. The molecule has 0 saturated heterocycles. The number of hydrogen-bond donors (Lipinski definition) is 0. The molecule has 0 bridgehead atoms. The summed E-state index contributed by atoms with van der Waals surface area (Å²) in [4.78, 5) is 8.96. The maximum atomic E-state index is 6.22. The van der Waals surface area contributed by atoms with Crippen LogP contribution in [-0.2, 0) is 0 Å². The lowest BCUT2D eigenvalue weighted by Crippen LogP contribution is -1.77. The van der Waals surface area contributed by atoms with Crippen LogP contribution < -0.4 is 0 Å². The molecule has 138 valence electrons. The van der Waals surface area contributed by atoms with Crippen molar-refractivity contribution in [3.8, 4) is 11.5 Å². The molecule has 0 atom stereocenters. The number of allylic oxidation sites excluding steroid dienone is 1. The van der Waals surface area contributed by atoms with Gasteiger partial charge in [-0.2, -0.15) is 0 Å². The first-order valence-corrected chi connectivity index (χ1v) is 9.55. The van der Waals surface area contributed by atoms with E-state index in [9.17, 15) is 0 Å². The lowest BCUT2D eigenvalue weighted by molar-refractivity contribution is 0.620. The van der Waals surface area contributed by atoms with E-state index in [0.717, 1.165) is 16.8 Å².